The van der Waals surface area contributed by atoms with Crippen LogP contribution in [0.25, 0.3) is 10.9 Å². The predicted molar refractivity (Wildman–Crippen MR) is 62.3 cm³/mol. The Morgan fingerprint density at radius 3 is 3.00 bits per heavy atom. The maximum Gasteiger partial charge on any atom is 0.239 e. The van der Waals surface area contributed by atoms with Crippen LogP contribution in [0.4, 0.5) is 5.69 Å². The minimum atomic E-state index is -0.189. The van der Waals surface area contributed by atoms with Gasteiger partial charge in [-0.05, 0) is 12.1 Å². The lowest BCUT2D eigenvalue weighted by Crippen LogP contribution is -2.13. The molecule has 0 fully saturated rings. The molecule has 1 N–H and O–H groups in total. The quantitative estimate of drug-likeness (QED) is 0.778. The van der Waals surface area contributed by atoms with Crippen LogP contribution in [0, 0.1) is 0 Å². The molecule has 0 saturated heterocycles. The highest BCUT2D eigenvalue weighted by Gasteiger charge is 2.06. The van der Waals surface area contributed by atoms with Gasteiger partial charge in [0.1, 0.15) is 5.88 Å². The number of nitrogens with zero attached hydrogens (tertiary/aromatic N) is 1. The van der Waals surface area contributed by atoms with Crippen LogP contribution >= 0.6 is 11.6 Å². The molecule has 0 atom stereocenters. The van der Waals surface area contributed by atoms with E-state index in [1.165, 1.54) is 0 Å². The van der Waals surface area contributed by atoms with E-state index in [0.717, 1.165) is 16.6 Å². The zero-order chi connectivity index (χ0) is 10.8. The molecule has 15 heavy (non-hydrogen) atoms. The molecule has 2 rings (SSSR count). The Kier molecular flexibility index (Phi) is 2.64. The van der Waals surface area contributed by atoms with Crippen molar-refractivity contribution in [1.82, 2.24) is 4.57 Å². The van der Waals surface area contributed by atoms with Crippen LogP contribution in [0.3, 0.4) is 0 Å². The fraction of sp³-hybridized carbons (Fsp3) is 0.182. The monoisotopic (exact) mass is 222 g/mol. The van der Waals surface area contributed by atoms with Crippen LogP contribution in [-0.4, -0.2) is 16.4 Å². The Morgan fingerprint density at radius 1 is 1.47 bits per heavy atom. The van der Waals surface area contributed by atoms with Gasteiger partial charge in [0, 0.05) is 18.6 Å². The lowest BCUT2D eigenvalue weighted by atomic mass is 10.2. The molecular formula is C11H11ClN2O. The Labute approximate surface area is 92.6 Å². The number of fused-ring (bicyclic) bond motifs is 1. The number of para-hydroxylation sites is 1. The average molecular weight is 223 g/mol. The number of hydrogen-bond donors (Lipinski definition) is 1. The second kappa shape index (κ2) is 3.95. The third-order valence-corrected chi connectivity index (χ3v) is 2.54. The zero-order valence-corrected chi connectivity index (χ0v) is 9.08. The van der Waals surface area contributed by atoms with E-state index < -0.39 is 0 Å². The lowest BCUT2D eigenvalue weighted by molar-refractivity contribution is -0.113. The molecule has 0 saturated carbocycles. The standard InChI is InChI=1S/C11H11ClN2O/c1-14-6-5-8-3-2-4-9(11(8)14)13-10(15)7-12/h2-6H,7H2,1H3,(H,13,15). The molecule has 78 valence electrons. The molecule has 0 bridgehead atoms. The summed E-state index contributed by atoms with van der Waals surface area (Å²) in [7, 11) is 1.94. The maximum absolute atomic E-state index is 11.2. The molecule has 1 heterocycles. The summed E-state index contributed by atoms with van der Waals surface area (Å²) in [5, 5.41) is 3.87. The van der Waals surface area contributed by atoms with E-state index in [0.29, 0.717) is 0 Å². The van der Waals surface area contributed by atoms with Crippen LogP contribution in [-0.2, 0) is 11.8 Å². The smallest absolute Gasteiger partial charge is 0.239 e. The van der Waals surface area contributed by atoms with Crippen LogP contribution in [0.2, 0.25) is 0 Å². The molecule has 4 heteroatoms. The summed E-state index contributed by atoms with van der Waals surface area (Å²) in [6.07, 6.45) is 1.96. The molecule has 0 radical (unpaired) electrons. The minimum Gasteiger partial charge on any atom is -0.349 e. The summed E-state index contributed by atoms with van der Waals surface area (Å²) >= 11 is 5.45. The first-order valence-electron chi connectivity index (χ1n) is 4.62. The van der Waals surface area contributed by atoms with Gasteiger partial charge >= 0.3 is 0 Å². The Morgan fingerprint density at radius 2 is 2.27 bits per heavy atom. The summed E-state index contributed by atoms with van der Waals surface area (Å²) in [4.78, 5) is 11.2. The fourth-order valence-corrected chi connectivity index (χ4v) is 1.71. The molecule has 1 aromatic heterocycles. The highest BCUT2D eigenvalue weighted by molar-refractivity contribution is 6.29. The van der Waals surface area contributed by atoms with Gasteiger partial charge in [0.2, 0.25) is 5.91 Å². The van der Waals surface area contributed by atoms with Crippen molar-refractivity contribution < 1.29 is 4.79 Å². The number of hydrogen-bond acceptors (Lipinski definition) is 1. The number of nitrogens with one attached hydrogen (secondary N) is 1. The van der Waals surface area contributed by atoms with Crippen molar-refractivity contribution in [2.75, 3.05) is 11.2 Å². The van der Waals surface area contributed by atoms with Crippen molar-refractivity contribution in [2.24, 2.45) is 7.05 Å². The topological polar surface area (TPSA) is 34.0 Å². The summed E-state index contributed by atoms with van der Waals surface area (Å²) < 4.78 is 1.97. The van der Waals surface area contributed by atoms with E-state index in [4.69, 9.17) is 11.6 Å². The minimum absolute atomic E-state index is 0.0270. The summed E-state index contributed by atoms with van der Waals surface area (Å²) in [6.45, 7) is 0. The summed E-state index contributed by atoms with van der Waals surface area (Å²) in [5.74, 6) is -0.216. The largest absolute Gasteiger partial charge is 0.349 e. The number of anilines is 1. The van der Waals surface area contributed by atoms with E-state index in [-0.39, 0.29) is 11.8 Å². The van der Waals surface area contributed by atoms with Gasteiger partial charge in [0.15, 0.2) is 0 Å². The Hall–Kier alpha value is -1.48. The first-order chi connectivity index (χ1) is 7.22. The number of amides is 1. The highest BCUT2D eigenvalue weighted by Crippen LogP contribution is 2.23. The molecule has 0 aliphatic rings. The molecular weight excluding hydrogens is 212 g/mol. The van der Waals surface area contributed by atoms with Gasteiger partial charge in [0.05, 0.1) is 11.2 Å². The van der Waals surface area contributed by atoms with Gasteiger partial charge in [-0.3, -0.25) is 4.79 Å². The first kappa shape index (κ1) is 10.1. The van der Waals surface area contributed by atoms with Gasteiger partial charge in [-0.1, -0.05) is 12.1 Å². The third-order valence-electron chi connectivity index (χ3n) is 2.29. The number of carbonyl (C=O) groups is 1. The molecule has 1 amide bonds. The zero-order valence-electron chi connectivity index (χ0n) is 8.33. The fourth-order valence-electron chi connectivity index (χ4n) is 1.64. The molecule has 0 aliphatic carbocycles. The number of rotatable bonds is 2. The van der Waals surface area contributed by atoms with Crippen molar-refractivity contribution >= 4 is 34.1 Å². The third kappa shape index (κ3) is 1.83. The second-order valence-electron chi connectivity index (χ2n) is 3.35. The maximum atomic E-state index is 11.2. The predicted octanol–water partition coefficient (Wildman–Crippen LogP) is 2.36. The van der Waals surface area contributed by atoms with E-state index in [1.54, 1.807) is 0 Å². The molecule has 0 unspecified atom stereocenters. The highest BCUT2D eigenvalue weighted by atomic mass is 35.5. The van der Waals surface area contributed by atoms with Crippen molar-refractivity contribution in [1.29, 1.82) is 0 Å². The number of aromatic nitrogens is 1. The van der Waals surface area contributed by atoms with Crippen LogP contribution < -0.4 is 5.32 Å². The molecule has 1 aromatic carbocycles. The van der Waals surface area contributed by atoms with Crippen molar-refractivity contribution in [3.8, 4) is 0 Å². The lowest BCUT2D eigenvalue weighted by Gasteiger charge is -2.06. The normalized spacial score (nSPS) is 10.5. The van der Waals surface area contributed by atoms with Gasteiger partial charge < -0.3 is 9.88 Å². The van der Waals surface area contributed by atoms with E-state index in [1.807, 2.05) is 42.1 Å². The van der Waals surface area contributed by atoms with Crippen LogP contribution in [0.15, 0.2) is 30.5 Å². The molecule has 0 spiro atoms. The Bertz CT molecular complexity index is 504. The average Bonchev–Trinajstić information content (AvgIpc) is 2.61. The second-order valence-corrected chi connectivity index (χ2v) is 3.62. The number of halogens is 1. The SMILES string of the molecule is Cn1ccc2cccc(NC(=O)CCl)c21. The molecule has 0 aliphatic heterocycles. The number of carbonyl (C=O) groups excluding carboxylic acids is 1. The first-order valence-corrected chi connectivity index (χ1v) is 5.15. The van der Waals surface area contributed by atoms with Crippen LogP contribution in [0.1, 0.15) is 0 Å². The molecule has 2 aromatic rings. The van der Waals surface area contributed by atoms with E-state index in [9.17, 15) is 4.79 Å². The van der Waals surface area contributed by atoms with Gasteiger partial charge in [0.25, 0.3) is 0 Å². The van der Waals surface area contributed by atoms with E-state index in [2.05, 4.69) is 5.32 Å². The van der Waals surface area contributed by atoms with E-state index >= 15 is 0 Å². The van der Waals surface area contributed by atoms with Gasteiger partial charge in [-0.15, -0.1) is 11.6 Å². The van der Waals surface area contributed by atoms with Crippen molar-refractivity contribution in [3.63, 3.8) is 0 Å². The summed E-state index contributed by atoms with van der Waals surface area (Å²) in [6, 6.07) is 7.79. The van der Waals surface area contributed by atoms with Gasteiger partial charge in [-0.25, -0.2) is 0 Å². The Balaban J connectivity index is 2.50. The number of alkyl halides is 1. The summed E-state index contributed by atoms with van der Waals surface area (Å²) in [5.41, 5.74) is 1.81. The van der Waals surface area contributed by atoms with Gasteiger partial charge in [-0.2, -0.15) is 0 Å². The number of benzene rings is 1. The van der Waals surface area contributed by atoms with Crippen molar-refractivity contribution in [2.45, 2.75) is 0 Å². The van der Waals surface area contributed by atoms with Crippen molar-refractivity contribution in [3.05, 3.63) is 30.5 Å². The molecule has 3 nitrogen and oxygen atoms in total. The number of aryl methyl sites for hydroxylation is 1. The van der Waals surface area contributed by atoms with Crippen LogP contribution in [0.5, 0.6) is 0 Å².